The first-order valence-electron chi connectivity index (χ1n) is 6.17. The highest BCUT2D eigenvalue weighted by atomic mass is 16.4. The van der Waals surface area contributed by atoms with Crippen LogP contribution in [0.1, 0.15) is 23.5 Å². The van der Waals surface area contributed by atoms with Crippen LogP contribution in [0.3, 0.4) is 0 Å². The number of hydrogen-bond acceptors (Lipinski definition) is 1. The molecule has 2 heteroatoms. The number of carboxylic acids is 1. The molecule has 1 aliphatic rings. The fraction of sp³-hybridized carbons (Fsp3) is 0.188. The van der Waals surface area contributed by atoms with E-state index in [4.69, 9.17) is 5.11 Å². The molecule has 1 aliphatic carbocycles. The molecule has 0 heterocycles. The third kappa shape index (κ3) is 1.80. The fourth-order valence-electron chi connectivity index (χ4n) is 2.68. The van der Waals surface area contributed by atoms with E-state index in [2.05, 4.69) is 18.2 Å². The summed E-state index contributed by atoms with van der Waals surface area (Å²) in [6, 6.07) is 16.3. The summed E-state index contributed by atoms with van der Waals surface area (Å²) in [7, 11) is 0. The minimum absolute atomic E-state index is 0.315. The smallest absolute Gasteiger partial charge is 0.310 e. The van der Waals surface area contributed by atoms with Crippen molar-refractivity contribution in [2.45, 2.75) is 18.8 Å². The fourth-order valence-corrected chi connectivity index (χ4v) is 2.68. The van der Waals surface area contributed by atoms with Gasteiger partial charge in [0.2, 0.25) is 0 Å². The van der Waals surface area contributed by atoms with Gasteiger partial charge in [-0.3, -0.25) is 4.79 Å². The predicted molar refractivity (Wildman–Crippen MR) is 70.6 cm³/mol. The second kappa shape index (κ2) is 4.30. The molecule has 2 aromatic rings. The summed E-state index contributed by atoms with van der Waals surface area (Å²) in [6.45, 7) is 0. The highest BCUT2D eigenvalue weighted by molar-refractivity contribution is 5.79. The van der Waals surface area contributed by atoms with Crippen LogP contribution in [-0.2, 0) is 11.2 Å². The van der Waals surface area contributed by atoms with E-state index in [9.17, 15) is 4.79 Å². The highest BCUT2D eigenvalue weighted by Crippen LogP contribution is 2.35. The van der Waals surface area contributed by atoms with Gasteiger partial charge in [-0.15, -0.1) is 0 Å². The molecule has 0 aromatic heterocycles. The number of fused-ring (bicyclic) bond motifs is 1. The lowest BCUT2D eigenvalue weighted by atomic mass is 9.97. The maximum atomic E-state index is 11.1. The maximum Gasteiger partial charge on any atom is 0.310 e. The number of hydrogen-bond donors (Lipinski definition) is 1. The normalized spacial score (nSPS) is 17.4. The van der Waals surface area contributed by atoms with Crippen molar-refractivity contribution >= 4 is 5.97 Å². The molecular weight excluding hydrogens is 224 g/mol. The minimum atomic E-state index is -0.707. The first kappa shape index (κ1) is 11.0. The molecule has 0 saturated heterocycles. The van der Waals surface area contributed by atoms with Gasteiger partial charge in [0.05, 0.1) is 5.92 Å². The molecule has 3 rings (SSSR count). The van der Waals surface area contributed by atoms with Gasteiger partial charge in [-0.05, 0) is 35.1 Å². The number of carboxylic acid groups (broad SMARTS) is 1. The van der Waals surface area contributed by atoms with Gasteiger partial charge in [0.1, 0.15) is 0 Å². The molecule has 1 atom stereocenters. The lowest BCUT2D eigenvalue weighted by Crippen LogP contribution is -2.07. The molecule has 0 spiro atoms. The largest absolute Gasteiger partial charge is 0.481 e. The highest BCUT2D eigenvalue weighted by Gasteiger charge is 2.28. The van der Waals surface area contributed by atoms with Crippen molar-refractivity contribution in [3.05, 3.63) is 59.7 Å². The third-order valence-electron chi connectivity index (χ3n) is 3.63. The van der Waals surface area contributed by atoms with Crippen LogP contribution in [0.2, 0.25) is 0 Å². The van der Waals surface area contributed by atoms with Crippen LogP contribution in [0.15, 0.2) is 48.5 Å². The third-order valence-corrected chi connectivity index (χ3v) is 3.63. The van der Waals surface area contributed by atoms with Gasteiger partial charge >= 0.3 is 5.97 Å². The van der Waals surface area contributed by atoms with E-state index < -0.39 is 5.97 Å². The Labute approximate surface area is 106 Å². The minimum Gasteiger partial charge on any atom is -0.481 e. The molecule has 18 heavy (non-hydrogen) atoms. The molecule has 0 saturated carbocycles. The molecule has 1 N–H and O–H groups in total. The molecule has 0 aliphatic heterocycles. The van der Waals surface area contributed by atoms with Gasteiger partial charge in [0.15, 0.2) is 0 Å². The summed E-state index contributed by atoms with van der Waals surface area (Å²) >= 11 is 0. The Hall–Kier alpha value is -2.09. The molecule has 0 bridgehead atoms. The molecule has 2 aromatic carbocycles. The Balaban J connectivity index is 2.01. The first-order valence-corrected chi connectivity index (χ1v) is 6.17. The zero-order chi connectivity index (χ0) is 12.5. The van der Waals surface area contributed by atoms with Crippen LogP contribution in [0, 0.1) is 0 Å². The molecule has 90 valence electrons. The van der Waals surface area contributed by atoms with E-state index in [1.54, 1.807) is 0 Å². The van der Waals surface area contributed by atoms with Crippen molar-refractivity contribution in [2.24, 2.45) is 0 Å². The summed E-state index contributed by atoms with van der Waals surface area (Å²) in [5, 5.41) is 9.15. The zero-order valence-electron chi connectivity index (χ0n) is 9.97. The standard InChI is InChI=1S/C16H14O2/c17-16(18)15-9-7-13-10-12(6-8-14(13)15)11-4-2-1-3-5-11/h1-6,8,10,15H,7,9H2,(H,17,18)/t15-/m0/s1. The summed E-state index contributed by atoms with van der Waals surface area (Å²) in [5.74, 6) is -1.02. The Morgan fingerprint density at radius 3 is 2.56 bits per heavy atom. The van der Waals surface area contributed by atoms with E-state index >= 15 is 0 Å². The van der Waals surface area contributed by atoms with Gasteiger partial charge in [-0.1, -0.05) is 48.5 Å². The summed E-state index contributed by atoms with van der Waals surface area (Å²) < 4.78 is 0. The first-order chi connectivity index (χ1) is 8.75. The van der Waals surface area contributed by atoms with E-state index in [0.29, 0.717) is 0 Å². The lowest BCUT2D eigenvalue weighted by Gasteiger charge is -2.08. The topological polar surface area (TPSA) is 37.3 Å². The Bertz CT molecular complexity index is 587. The van der Waals surface area contributed by atoms with Crippen LogP contribution in [0.4, 0.5) is 0 Å². The van der Waals surface area contributed by atoms with Gasteiger partial charge in [-0.2, -0.15) is 0 Å². The van der Waals surface area contributed by atoms with Gasteiger partial charge in [0, 0.05) is 0 Å². The Morgan fingerprint density at radius 2 is 1.83 bits per heavy atom. The van der Waals surface area contributed by atoms with Crippen molar-refractivity contribution in [3.63, 3.8) is 0 Å². The quantitative estimate of drug-likeness (QED) is 0.869. The molecule has 0 radical (unpaired) electrons. The van der Waals surface area contributed by atoms with Crippen LogP contribution in [0.5, 0.6) is 0 Å². The van der Waals surface area contributed by atoms with Gasteiger partial charge in [0.25, 0.3) is 0 Å². The molecule has 0 amide bonds. The Kier molecular flexibility index (Phi) is 2.63. The average Bonchev–Trinajstić information content (AvgIpc) is 2.82. The summed E-state index contributed by atoms with van der Waals surface area (Å²) in [6.07, 6.45) is 1.59. The molecule has 0 fully saturated rings. The number of aryl methyl sites for hydroxylation is 1. The van der Waals surface area contributed by atoms with E-state index in [1.807, 2.05) is 30.3 Å². The number of rotatable bonds is 2. The average molecular weight is 238 g/mol. The van der Waals surface area contributed by atoms with Crippen molar-refractivity contribution in [1.82, 2.24) is 0 Å². The van der Waals surface area contributed by atoms with E-state index in [-0.39, 0.29) is 5.92 Å². The second-order valence-electron chi connectivity index (χ2n) is 4.71. The number of carbonyl (C=O) groups is 1. The SMILES string of the molecule is O=C(O)[C@H]1CCc2cc(-c3ccccc3)ccc21. The van der Waals surface area contributed by atoms with E-state index in [0.717, 1.165) is 18.4 Å². The van der Waals surface area contributed by atoms with Gasteiger partial charge < -0.3 is 5.11 Å². The van der Waals surface area contributed by atoms with Crippen molar-refractivity contribution in [1.29, 1.82) is 0 Å². The summed E-state index contributed by atoms with van der Waals surface area (Å²) in [4.78, 5) is 11.1. The predicted octanol–water partition coefficient (Wildman–Crippen LogP) is 3.47. The van der Waals surface area contributed by atoms with Crippen molar-refractivity contribution in [3.8, 4) is 11.1 Å². The van der Waals surface area contributed by atoms with Crippen LogP contribution >= 0.6 is 0 Å². The van der Waals surface area contributed by atoms with Gasteiger partial charge in [-0.25, -0.2) is 0 Å². The lowest BCUT2D eigenvalue weighted by molar-refractivity contribution is -0.138. The summed E-state index contributed by atoms with van der Waals surface area (Å²) in [5.41, 5.74) is 4.52. The molecule has 0 unspecified atom stereocenters. The maximum absolute atomic E-state index is 11.1. The number of aliphatic carboxylic acids is 1. The molecular formula is C16H14O2. The van der Waals surface area contributed by atoms with Crippen molar-refractivity contribution in [2.75, 3.05) is 0 Å². The van der Waals surface area contributed by atoms with Crippen molar-refractivity contribution < 1.29 is 9.90 Å². The second-order valence-corrected chi connectivity index (χ2v) is 4.71. The van der Waals surface area contributed by atoms with Crippen LogP contribution in [0.25, 0.3) is 11.1 Å². The van der Waals surface area contributed by atoms with Crippen LogP contribution < -0.4 is 0 Å². The van der Waals surface area contributed by atoms with E-state index in [1.165, 1.54) is 16.7 Å². The Morgan fingerprint density at radius 1 is 1.06 bits per heavy atom. The molecule has 2 nitrogen and oxygen atoms in total. The monoisotopic (exact) mass is 238 g/mol. The number of benzene rings is 2. The van der Waals surface area contributed by atoms with Crippen LogP contribution in [-0.4, -0.2) is 11.1 Å². The zero-order valence-corrected chi connectivity index (χ0v) is 9.97.